The molecule has 3 amide bonds. The van der Waals surface area contributed by atoms with Gasteiger partial charge in [0.2, 0.25) is 5.91 Å². The van der Waals surface area contributed by atoms with Crippen LogP contribution < -0.4 is 15.4 Å². The van der Waals surface area contributed by atoms with Gasteiger partial charge in [-0.3, -0.25) is 4.79 Å². The molecule has 2 atom stereocenters. The highest BCUT2D eigenvalue weighted by Crippen LogP contribution is 2.31. The maximum atomic E-state index is 13.1. The Kier molecular flexibility index (Phi) is 9.16. The molecule has 1 aliphatic rings. The van der Waals surface area contributed by atoms with Gasteiger partial charge in [0.1, 0.15) is 5.75 Å². The lowest BCUT2D eigenvalue weighted by Gasteiger charge is -2.37. The fourth-order valence-corrected chi connectivity index (χ4v) is 4.37. The number of nitrogens with one attached hydrogen (secondary N) is 2. The highest BCUT2D eigenvalue weighted by molar-refractivity contribution is 5.81. The first-order chi connectivity index (χ1) is 16.0. The van der Waals surface area contributed by atoms with Crippen molar-refractivity contribution in [2.45, 2.75) is 45.4 Å². The number of hydrogen-bond donors (Lipinski definition) is 2. The van der Waals surface area contributed by atoms with Crippen LogP contribution in [0.3, 0.4) is 0 Å². The lowest BCUT2D eigenvalue weighted by Crippen LogP contribution is -2.51. The molecule has 0 bridgehead atoms. The van der Waals surface area contributed by atoms with Crippen molar-refractivity contribution in [3.63, 3.8) is 0 Å². The number of piperidine rings is 1. The molecule has 3 rings (SSSR count). The van der Waals surface area contributed by atoms with Gasteiger partial charge in [0.05, 0.1) is 13.0 Å². The number of urea groups is 1. The van der Waals surface area contributed by atoms with E-state index in [9.17, 15) is 9.59 Å². The number of unbranched alkanes of at least 4 members (excludes halogenated alkanes) is 1. The summed E-state index contributed by atoms with van der Waals surface area (Å²) in [6, 6.07) is 16.2. The Morgan fingerprint density at radius 3 is 2.55 bits per heavy atom. The molecular formula is C27H37N3O3. The van der Waals surface area contributed by atoms with E-state index in [4.69, 9.17) is 4.74 Å². The summed E-state index contributed by atoms with van der Waals surface area (Å²) in [6.45, 7) is 6.50. The summed E-state index contributed by atoms with van der Waals surface area (Å²) in [4.78, 5) is 27.7. The van der Waals surface area contributed by atoms with Crippen molar-refractivity contribution in [2.24, 2.45) is 5.92 Å². The van der Waals surface area contributed by atoms with Gasteiger partial charge in [-0.15, -0.1) is 0 Å². The molecular weight excluding hydrogens is 414 g/mol. The van der Waals surface area contributed by atoms with Gasteiger partial charge in [-0.25, -0.2) is 4.79 Å². The lowest BCUT2D eigenvalue weighted by molar-refractivity contribution is -0.126. The number of carbonyl (C=O) groups is 2. The average molecular weight is 452 g/mol. The topological polar surface area (TPSA) is 70.7 Å². The largest absolute Gasteiger partial charge is 0.497 e. The summed E-state index contributed by atoms with van der Waals surface area (Å²) in [5, 5.41) is 6.11. The van der Waals surface area contributed by atoms with Crippen molar-refractivity contribution in [1.82, 2.24) is 15.5 Å². The standard InChI is InChI=1S/C27H37N3O3/c1-4-5-14-29-27(32)30-18-23(22-8-6-7-20(2)16-22)17-24(19-30)26(31)28-15-13-21-9-11-25(33-3)12-10-21/h6-12,16,23-24H,4-5,13-15,17-19H2,1-3H3,(H,28,31)(H,29,32). The van der Waals surface area contributed by atoms with Crippen LogP contribution in [0.5, 0.6) is 5.75 Å². The number of carbonyl (C=O) groups excluding carboxylic acids is 2. The van der Waals surface area contributed by atoms with E-state index in [1.54, 1.807) is 7.11 Å². The van der Waals surface area contributed by atoms with Crippen LogP contribution in [-0.2, 0) is 11.2 Å². The molecule has 2 N–H and O–H groups in total. The van der Waals surface area contributed by atoms with Crippen LogP contribution in [0.2, 0.25) is 0 Å². The van der Waals surface area contributed by atoms with Gasteiger partial charge in [-0.2, -0.15) is 0 Å². The van der Waals surface area contributed by atoms with Gasteiger partial charge in [0.25, 0.3) is 0 Å². The molecule has 2 aromatic carbocycles. The zero-order valence-electron chi connectivity index (χ0n) is 20.1. The van der Waals surface area contributed by atoms with Crippen LogP contribution >= 0.6 is 0 Å². The van der Waals surface area contributed by atoms with E-state index < -0.39 is 0 Å². The average Bonchev–Trinajstić information content (AvgIpc) is 2.84. The van der Waals surface area contributed by atoms with Crippen molar-refractivity contribution >= 4 is 11.9 Å². The smallest absolute Gasteiger partial charge is 0.317 e. The number of amides is 3. The van der Waals surface area contributed by atoms with Crippen LogP contribution in [0.15, 0.2) is 48.5 Å². The number of nitrogens with zero attached hydrogens (tertiary/aromatic N) is 1. The lowest BCUT2D eigenvalue weighted by atomic mass is 9.83. The minimum absolute atomic E-state index is 0.0206. The number of rotatable bonds is 9. The molecule has 0 spiro atoms. The van der Waals surface area contributed by atoms with Crippen LogP contribution in [0.25, 0.3) is 0 Å². The third-order valence-corrected chi connectivity index (χ3v) is 6.30. The van der Waals surface area contributed by atoms with Crippen LogP contribution in [-0.4, -0.2) is 50.1 Å². The number of methoxy groups -OCH3 is 1. The van der Waals surface area contributed by atoms with Crippen molar-refractivity contribution in [3.05, 3.63) is 65.2 Å². The maximum absolute atomic E-state index is 13.1. The van der Waals surface area contributed by atoms with E-state index in [-0.39, 0.29) is 23.8 Å². The van der Waals surface area contributed by atoms with Crippen LogP contribution in [0.1, 0.15) is 48.8 Å². The molecule has 1 aliphatic heterocycles. The van der Waals surface area contributed by atoms with Crippen LogP contribution in [0, 0.1) is 12.8 Å². The van der Waals surface area contributed by atoms with E-state index in [2.05, 4.69) is 48.7 Å². The summed E-state index contributed by atoms with van der Waals surface area (Å²) in [7, 11) is 1.65. The Bertz CT molecular complexity index is 913. The number of likely N-dealkylation sites (tertiary alicyclic amines) is 1. The van der Waals surface area contributed by atoms with Crippen molar-refractivity contribution < 1.29 is 14.3 Å². The van der Waals surface area contributed by atoms with Gasteiger partial charge < -0.3 is 20.3 Å². The number of ether oxygens (including phenoxy) is 1. The molecule has 2 aromatic rings. The molecule has 0 aliphatic carbocycles. The molecule has 0 saturated carbocycles. The molecule has 6 nitrogen and oxygen atoms in total. The van der Waals surface area contributed by atoms with Crippen molar-refractivity contribution in [3.8, 4) is 5.75 Å². The van der Waals surface area contributed by atoms with E-state index in [1.807, 2.05) is 29.2 Å². The second-order valence-electron chi connectivity index (χ2n) is 8.92. The van der Waals surface area contributed by atoms with Crippen molar-refractivity contribution in [2.75, 3.05) is 33.3 Å². The molecule has 0 aromatic heterocycles. The van der Waals surface area contributed by atoms with E-state index in [1.165, 1.54) is 11.1 Å². The number of hydrogen-bond acceptors (Lipinski definition) is 3. The minimum atomic E-state index is -0.225. The number of aryl methyl sites for hydroxylation is 1. The van der Waals surface area contributed by atoms with Crippen LogP contribution in [0.4, 0.5) is 4.79 Å². The Morgan fingerprint density at radius 2 is 1.85 bits per heavy atom. The summed E-state index contributed by atoms with van der Waals surface area (Å²) in [6.07, 6.45) is 3.49. The Labute approximate surface area is 197 Å². The maximum Gasteiger partial charge on any atom is 0.317 e. The van der Waals surface area contributed by atoms with E-state index in [0.29, 0.717) is 26.2 Å². The van der Waals surface area contributed by atoms with Gasteiger partial charge in [-0.1, -0.05) is 55.3 Å². The molecule has 1 heterocycles. The summed E-state index contributed by atoms with van der Waals surface area (Å²) in [5.41, 5.74) is 3.53. The van der Waals surface area contributed by atoms with Crippen molar-refractivity contribution in [1.29, 1.82) is 0 Å². The molecule has 6 heteroatoms. The molecule has 33 heavy (non-hydrogen) atoms. The minimum Gasteiger partial charge on any atom is -0.497 e. The first kappa shape index (κ1) is 24.6. The fourth-order valence-electron chi connectivity index (χ4n) is 4.37. The quantitative estimate of drug-likeness (QED) is 0.559. The zero-order chi connectivity index (χ0) is 23.6. The van der Waals surface area contributed by atoms with Gasteiger partial charge in [0.15, 0.2) is 0 Å². The first-order valence-corrected chi connectivity index (χ1v) is 12.0. The fraction of sp³-hybridized carbons (Fsp3) is 0.481. The second-order valence-corrected chi connectivity index (χ2v) is 8.92. The van der Waals surface area contributed by atoms with Gasteiger partial charge in [-0.05, 0) is 49.4 Å². The van der Waals surface area contributed by atoms with E-state index >= 15 is 0 Å². The molecule has 0 radical (unpaired) electrons. The Hall–Kier alpha value is -3.02. The SMILES string of the molecule is CCCCNC(=O)N1CC(C(=O)NCCc2ccc(OC)cc2)CC(c2cccc(C)c2)C1. The monoisotopic (exact) mass is 451 g/mol. The normalized spacial score (nSPS) is 18.0. The van der Waals surface area contributed by atoms with Gasteiger partial charge >= 0.3 is 6.03 Å². The Morgan fingerprint density at radius 1 is 1.06 bits per heavy atom. The highest BCUT2D eigenvalue weighted by Gasteiger charge is 2.34. The molecule has 178 valence electrons. The summed E-state index contributed by atoms with van der Waals surface area (Å²) < 4.78 is 5.20. The molecule has 1 saturated heterocycles. The second kappa shape index (κ2) is 12.3. The zero-order valence-corrected chi connectivity index (χ0v) is 20.1. The summed E-state index contributed by atoms with van der Waals surface area (Å²) in [5.74, 6) is 0.765. The Balaban J connectivity index is 1.63. The highest BCUT2D eigenvalue weighted by atomic mass is 16.5. The predicted octanol–water partition coefficient (Wildman–Crippen LogP) is 4.28. The third kappa shape index (κ3) is 7.24. The number of benzene rings is 2. The molecule has 2 unspecified atom stereocenters. The van der Waals surface area contributed by atoms with E-state index in [0.717, 1.165) is 37.0 Å². The first-order valence-electron chi connectivity index (χ1n) is 12.0. The predicted molar refractivity (Wildman–Crippen MR) is 132 cm³/mol. The summed E-state index contributed by atoms with van der Waals surface area (Å²) >= 11 is 0. The molecule has 1 fully saturated rings. The van der Waals surface area contributed by atoms with Gasteiger partial charge in [0, 0.05) is 32.1 Å². The third-order valence-electron chi connectivity index (χ3n) is 6.30.